The van der Waals surface area contributed by atoms with Crippen LogP contribution in [0.3, 0.4) is 0 Å². The minimum absolute atomic E-state index is 0.232. The van der Waals surface area contributed by atoms with Crippen molar-refractivity contribution < 1.29 is 14.2 Å². The molecule has 4 atom stereocenters. The van der Waals surface area contributed by atoms with Crippen LogP contribution in [0.4, 0.5) is 4.39 Å². The molecule has 2 saturated carbocycles. The highest BCUT2D eigenvalue weighted by Gasteiger charge is 2.40. The van der Waals surface area contributed by atoms with Crippen LogP contribution >= 0.6 is 0 Å². The summed E-state index contributed by atoms with van der Waals surface area (Å²) in [5, 5.41) is 10.3. The normalized spacial score (nSPS) is 30.6. The first-order valence-electron chi connectivity index (χ1n) is 7.19. The summed E-state index contributed by atoms with van der Waals surface area (Å²) < 4.78 is 18.5. The Morgan fingerprint density at radius 3 is 2.79 bits per heavy atom. The zero-order valence-electron chi connectivity index (χ0n) is 11.3. The molecule has 4 unspecified atom stereocenters. The Kier molecular flexibility index (Phi) is 3.48. The highest BCUT2D eigenvalue weighted by molar-refractivity contribution is 5.30. The number of halogens is 1. The Labute approximate surface area is 113 Å². The van der Waals surface area contributed by atoms with Crippen molar-refractivity contribution >= 4 is 0 Å². The fourth-order valence-electron chi connectivity index (χ4n) is 3.98. The van der Waals surface area contributed by atoms with Crippen LogP contribution in [-0.2, 0) is 0 Å². The first-order valence-corrected chi connectivity index (χ1v) is 7.19. The van der Waals surface area contributed by atoms with E-state index in [4.69, 9.17) is 4.74 Å². The smallest absolute Gasteiger partial charge is 0.165 e. The maximum atomic E-state index is 13.6. The first kappa shape index (κ1) is 12.9. The predicted molar refractivity (Wildman–Crippen MR) is 71.5 cm³/mol. The molecule has 2 nitrogen and oxygen atoms in total. The number of hydrogen-bond donors (Lipinski definition) is 1. The summed E-state index contributed by atoms with van der Waals surface area (Å²) in [5.74, 6) is 2.14. The summed E-state index contributed by atoms with van der Waals surface area (Å²) in [6.45, 7) is 0. The molecule has 1 aromatic rings. The van der Waals surface area contributed by atoms with Crippen molar-refractivity contribution in [3.63, 3.8) is 0 Å². The summed E-state index contributed by atoms with van der Waals surface area (Å²) in [7, 11) is 1.45. The number of aliphatic hydroxyl groups is 1. The zero-order valence-corrected chi connectivity index (χ0v) is 11.3. The third kappa shape index (κ3) is 2.48. The second kappa shape index (κ2) is 5.12. The lowest BCUT2D eigenvalue weighted by molar-refractivity contribution is 0.125. The lowest BCUT2D eigenvalue weighted by Crippen LogP contribution is -2.14. The molecular formula is C16H21FO2. The van der Waals surface area contributed by atoms with E-state index in [2.05, 4.69) is 0 Å². The molecule has 0 saturated heterocycles. The molecule has 0 aliphatic heterocycles. The lowest BCUT2D eigenvalue weighted by Gasteiger charge is -2.24. The van der Waals surface area contributed by atoms with E-state index in [-0.39, 0.29) is 5.75 Å². The van der Waals surface area contributed by atoms with E-state index in [0.29, 0.717) is 11.5 Å². The first-order chi connectivity index (χ1) is 9.17. The SMILES string of the molecule is COc1ccc(C(O)CC2CC3CCC2C3)cc1F. The van der Waals surface area contributed by atoms with Gasteiger partial charge in [0.15, 0.2) is 11.6 Å². The van der Waals surface area contributed by atoms with Crippen LogP contribution in [0.1, 0.15) is 43.8 Å². The highest BCUT2D eigenvalue weighted by atomic mass is 19.1. The van der Waals surface area contributed by atoms with E-state index in [1.165, 1.54) is 38.9 Å². The monoisotopic (exact) mass is 264 g/mol. The topological polar surface area (TPSA) is 29.5 Å². The van der Waals surface area contributed by atoms with E-state index in [9.17, 15) is 9.50 Å². The lowest BCUT2D eigenvalue weighted by atomic mass is 9.83. The average Bonchev–Trinajstić information content (AvgIpc) is 3.00. The van der Waals surface area contributed by atoms with Crippen molar-refractivity contribution in [3.8, 4) is 5.75 Å². The summed E-state index contributed by atoms with van der Waals surface area (Å²) >= 11 is 0. The van der Waals surface area contributed by atoms with Crippen molar-refractivity contribution in [3.05, 3.63) is 29.6 Å². The second-order valence-electron chi connectivity index (χ2n) is 6.08. The van der Waals surface area contributed by atoms with Gasteiger partial charge in [0.2, 0.25) is 0 Å². The van der Waals surface area contributed by atoms with Gasteiger partial charge in [0.1, 0.15) is 0 Å². The Morgan fingerprint density at radius 2 is 2.21 bits per heavy atom. The standard InChI is InChI=1S/C16H21FO2/c1-19-16-5-4-12(8-14(16)17)15(18)9-13-7-10-2-3-11(13)6-10/h4-5,8,10-11,13,15,18H,2-3,6-7,9H2,1H3. The van der Waals surface area contributed by atoms with Crippen molar-refractivity contribution in [1.29, 1.82) is 0 Å². The zero-order chi connectivity index (χ0) is 13.4. The molecule has 19 heavy (non-hydrogen) atoms. The third-order valence-electron chi connectivity index (χ3n) is 4.97. The maximum absolute atomic E-state index is 13.6. The summed E-state index contributed by atoms with van der Waals surface area (Å²) in [5.41, 5.74) is 0.668. The second-order valence-corrected chi connectivity index (χ2v) is 6.08. The fourth-order valence-corrected chi connectivity index (χ4v) is 3.98. The fraction of sp³-hybridized carbons (Fsp3) is 0.625. The number of benzene rings is 1. The molecule has 1 aromatic carbocycles. The molecular weight excluding hydrogens is 243 g/mol. The highest BCUT2D eigenvalue weighted by Crippen LogP contribution is 2.50. The van der Waals surface area contributed by atoms with Gasteiger partial charge in [0.25, 0.3) is 0 Å². The molecule has 1 N–H and O–H groups in total. The molecule has 2 fully saturated rings. The summed E-state index contributed by atoms with van der Waals surface area (Å²) in [6, 6.07) is 4.76. The molecule has 0 spiro atoms. The maximum Gasteiger partial charge on any atom is 0.165 e. The van der Waals surface area contributed by atoms with E-state index < -0.39 is 11.9 Å². The van der Waals surface area contributed by atoms with Gasteiger partial charge in [-0.2, -0.15) is 0 Å². The molecule has 3 rings (SSSR count). The van der Waals surface area contributed by atoms with Crippen LogP contribution in [0.2, 0.25) is 0 Å². The Morgan fingerprint density at radius 1 is 1.37 bits per heavy atom. The van der Waals surface area contributed by atoms with Gasteiger partial charge in [0, 0.05) is 0 Å². The molecule has 0 aromatic heterocycles. The molecule has 3 heteroatoms. The third-order valence-corrected chi connectivity index (χ3v) is 4.97. The number of hydrogen-bond acceptors (Lipinski definition) is 2. The van der Waals surface area contributed by atoms with Crippen LogP contribution in [0, 0.1) is 23.6 Å². The molecule has 0 radical (unpaired) electrons. The van der Waals surface area contributed by atoms with Gasteiger partial charge < -0.3 is 9.84 Å². The average molecular weight is 264 g/mol. The summed E-state index contributed by atoms with van der Waals surface area (Å²) in [4.78, 5) is 0. The van der Waals surface area contributed by atoms with Gasteiger partial charge in [0.05, 0.1) is 13.2 Å². The van der Waals surface area contributed by atoms with E-state index >= 15 is 0 Å². The van der Waals surface area contributed by atoms with E-state index in [1.807, 2.05) is 0 Å². The van der Waals surface area contributed by atoms with Gasteiger partial charge in [-0.15, -0.1) is 0 Å². The number of aliphatic hydroxyl groups excluding tert-OH is 1. The minimum atomic E-state index is -0.551. The van der Waals surface area contributed by atoms with Gasteiger partial charge >= 0.3 is 0 Å². The molecule has 2 bridgehead atoms. The number of rotatable bonds is 4. The van der Waals surface area contributed by atoms with Crippen molar-refractivity contribution in [2.24, 2.45) is 17.8 Å². The Balaban J connectivity index is 1.67. The summed E-state index contributed by atoms with van der Waals surface area (Å²) in [6.07, 6.45) is 5.50. The van der Waals surface area contributed by atoms with Crippen LogP contribution in [0.5, 0.6) is 5.75 Å². The van der Waals surface area contributed by atoms with Gasteiger partial charge in [-0.05, 0) is 61.1 Å². The molecule has 2 aliphatic rings. The molecule has 0 amide bonds. The van der Waals surface area contributed by atoms with Crippen LogP contribution in [0.15, 0.2) is 18.2 Å². The van der Waals surface area contributed by atoms with E-state index in [1.54, 1.807) is 12.1 Å². The molecule has 2 aliphatic carbocycles. The number of methoxy groups -OCH3 is 1. The van der Waals surface area contributed by atoms with Crippen molar-refractivity contribution in [2.45, 2.75) is 38.2 Å². The van der Waals surface area contributed by atoms with Gasteiger partial charge in [-0.3, -0.25) is 0 Å². The van der Waals surface area contributed by atoms with E-state index in [0.717, 1.165) is 18.3 Å². The molecule has 0 heterocycles. The van der Waals surface area contributed by atoms with Crippen molar-refractivity contribution in [1.82, 2.24) is 0 Å². The number of fused-ring (bicyclic) bond motifs is 2. The van der Waals surface area contributed by atoms with Crippen LogP contribution < -0.4 is 4.74 Å². The largest absolute Gasteiger partial charge is 0.494 e. The Bertz CT molecular complexity index is 460. The number of ether oxygens (including phenoxy) is 1. The molecule has 104 valence electrons. The van der Waals surface area contributed by atoms with Gasteiger partial charge in [-0.1, -0.05) is 12.5 Å². The predicted octanol–water partition coefficient (Wildman–Crippen LogP) is 3.69. The van der Waals surface area contributed by atoms with Crippen LogP contribution in [0.25, 0.3) is 0 Å². The van der Waals surface area contributed by atoms with Gasteiger partial charge in [-0.25, -0.2) is 4.39 Å². The Hall–Kier alpha value is -1.09. The quantitative estimate of drug-likeness (QED) is 0.898. The van der Waals surface area contributed by atoms with Crippen LogP contribution in [-0.4, -0.2) is 12.2 Å². The minimum Gasteiger partial charge on any atom is -0.494 e. The van der Waals surface area contributed by atoms with Crippen molar-refractivity contribution in [2.75, 3.05) is 7.11 Å².